The zero-order chi connectivity index (χ0) is 14.7. The standard InChI is InChI=1S/C17H24FNO2/c18-14-3-4-16(13(11-14)6-10-19)20-12-15-5-9-17(21-15)7-1-2-8-17/h3-4,11,15H,1-2,5-10,12,19H2. The lowest BCUT2D eigenvalue weighted by Gasteiger charge is -2.24. The lowest BCUT2D eigenvalue weighted by Crippen LogP contribution is -2.27. The molecule has 1 atom stereocenters. The highest BCUT2D eigenvalue weighted by atomic mass is 19.1. The fourth-order valence-corrected chi connectivity index (χ4v) is 3.62. The van der Waals surface area contributed by atoms with E-state index in [1.165, 1.54) is 37.8 Å². The first-order valence-corrected chi connectivity index (χ1v) is 8.00. The van der Waals surface area contributed by atoms with Crippen molar-refractivity contribution in [1.29, 1.82) is 0 Å². The van der Waals surface area contributed by atoms with Crippen LogP contribution in [0.15, 0.2) is 18.2 Å². The molecule has 3 nitrogen and oxygen atoms in total. The van der Waals surface area contributed by atoms with Crippen LogP contribution in [0.5, 0.6) is 5.75 Å². The molecule has 3 rings (SSSR count). The van der Waals surface area contributed by atoms with Crippen LogP contribution in [-0.2, 0) is 11.2 Å². The maximum atomic E-state index is 13.3. The molecule has 0 bridgehead atoms. The minimum Gasteiger partial charge on any atom is -0.491 e. The minimum absolute atomic E-state index is 0.136. The van der Waals surface area contributed by atoms with Crippen molar-refractivity contribution in [3.8, 4) is 5.75 Å². The Labute approximate surface area is 125 Å². The zero-order valence-corrected chi connectivity index (χ0v) is 12.4. The maximum absolute atomic E-state index is 13.3. The number of halogens is 1. The Bertz CT molecular complexity index is 486. The third-order valence-corrected chi connectivity index (χ3v) is 4.71. The molecule has 1 aliphatic carbocycles. The van der Waals surface area contributed by atoms with E-state index in [-0.39, 0.29) is 17.5 Å². The molecule has 2 N–H and O–H groups in total. The van der Waals surface area contributed by atoms with E-state index in [4.69, 9.17) is 15.2 Å². The molecule has 116 valence electrons. The van der Waals surface area contributed by atoms with Crippen LogP contribution in [0.25, 0.3) is 0 Å². The van der Waals surface area contributed by atoms with Gasteiger partial charge in [-0.1, -0.05) is 12.8 Å². The fraction of sp³-hybridized carbons (Fsp3) is 0.647. The molecule has 0 amide bonds. The van der Waals surface area contributed by atoms with Gasteiger partial charge in [0.05, 0.1) is 11.7 Å². The van der Waals surface area contributed by atoms with Gasteiger partial charge in [0.2, 0.25) is 0 Å². The quantitative estimate of drug-likeness (QED) is 0.906. The molecule has 4 heteroatoms. The summed E-state index contributed by atoms with van der Waals surface area (Å²) in [6.45, 7) is 1.04. The molecule has 2 fully saturated rings. The summed E-state index contributed by atoms with van der Waals surface area (Å²) in [7, 11) is 0. The van der Waals surface area contributed by atoms with E-state index in [1.54, 1.807) is 6.07 Å². The van der Waals surface area contributed by atoms with Gasteiger partial charge in [-0.3, -0.25) is 0 Å². The molecular formula is C17H24FNO2. The average Bonchev–Trinajstić information content (AvgIpc) is 3.09. The molecule has 1 aromatic rings. The Kier molecular flexibility index (Phi) is 4.45. The SMILES string of the molecule is NCCc1cc(F)ccc1OCC1CCC2(CCCC2)O1. The first kappa shape index (κ1) is 14.8. The Morgan fingerprint density at radius 3 is 2.86 bits per heavy atom. The molecule has 1 saturated carbocycles. The lowest BCUT2D eigenvalue weighted by atomic mass is 9.98. The van der Waals surface area contributed by atoms with Crippen molar-refractivity contribution < 1.29 is 13.9 Å². The Morgan fingerprint density at radius 2 is 2.10 bits per heavy atom. The maximum Gasteiger partial charge on any atom is 0.123 e. The minimum atomic E-state index is -0.243. The summed E-state index contributed by atoms with van der Waals surface area (Å²) in [4.78, 5) is 0. The van der Waals surface area contributed by atoms with Crippen molar-refractivity contribution in [2.75, 3.05) is 13.2 Å². The molecule has 21 heavy (non-hydrogen) atoms. The van der Waals surface area contributed by atoms with E-state index in [0.29, 0.717) is 19.6 Å². The molecule has 0 radical (unpaired) electrons. The third-order valence-electron chi connectivity index (χ3n) is 4.71. The van der Waals surface area contributed by atoms with Gasteiger partial charge in [-0.25, -0.2) is 4.39 Å². The topological polar surface area (TPSA) is 44.5 Å². The van der Waals surface area contributed by atoms with Gasteiger partial charge in [0, 0.05) is 0 Å². The third kappa shape index (κ3) is 3.38. The first-order chi connectivity index (χ1) is 10.2. The zero-order valence-electron chi connectivity index (χ0n) is 12.4. The van der Waals surface area contributed by atoms with Gasteiger partial charge in [-0.15, -0.1) is 0 Å². The van der Waals surface area contributed by atoms with E-state index in [2.05, 4.69) is 0 Å². The van der Waals surface area contributed by atoms with E-state index >= 15 is 0 Å². The molecule has 0 aromatic heterocycles. The highest BCUT2D eigenvalue weighted by molar-refractivity contribution is 5.34. The normalized spacial score (nSPS) is 23.8. The molecule has 1 unspecified atom stereocenters. The summed E-state index contributed by atoms with van der Waals surface area (Å²) in [6.07, 6.45) is 7.96. The number of ether oxygens (including phenoxy) is 2. The number of hydrogen-bond donors (Lipinski definition) is 1. The first-order valence-electron chi connectivity index (χ1n) is 8.00. The van der Waals surface area contributed by atoms with E-state index in [9.17, 15) is 4.39 Å². The average molecular weight is 293 g/mol. The molecule has 1 aromatic carbocycles. The molecule has 1 heterocycles. The summed E-state index contributed by atoms with van der Waals surface area (Å²) < 4.78 is 25.4. The van der Waals surface area contributed by atoms with Crippen LogP contribution in [0.4, 0.5) is 4.39 Å². The highest BCUT2D eigenvalue weighted by Gasteiger charge is 2.42. The number of nitrogens with two attached hydrogens (primary N) is 1. The highest BCUT2D eigenvalue weighted by Crippen LogP contribution is 2.43. The van der Waals surface area contributed by atoms with Crippen LogP contribution in [0, 0.1) is 5.82 Å². The monoisotopic (exact) mass is 293 g/mol. The largest absolute Gasteiger partial charge is 0.491 e. The van der Waals surface area contributed by atoms with Crippen molar-refractivity contribution in [2.45, 2.75) is 56.7 Å². The second-order valence-corrected chi connectivity index (χ2v) is 6.27. The van der Waals surface area contributed by atoms with Crippen molar-refractivity contribution in [1.82, 2.24) is 0 Å². The van der Waals surface area contributed by atoms with Gasteiger partial charge < -0.3 is 15.2 Å². The van der Waals surface area contributed by atoms with Gasteiger partial charge in [-0.2, -0.15) is 0 Å². The van der Waals surface area contributed by atoms with Gasteiger partial charge in [0.25, 0.3) is 0 Å². The summed E-state index contributed by atoms with van der Waals surface area (Å²) in [5, 5.41) is 0. The lowest BCUT2D eigenvalue weighted by molar-refractivity contribution is -0.0509. The van der Waals surface area contributed by atoms with E-state index in [1.807, 2.05) is 0 Å². The van der Waals surface area contributed by atoms with Crippen molar-refractivity contribution >= 4 is 0 Å². The van der Waals surface area contributed by atoms with Crippen LogP contribution in [-0.4, -0.2) is 24.9 Å². The molecule has 1 aliphatic heterocycles. The van der Waals surface area contributed by atoms with E-state index in [0.717, 1.165) is 24.2 Å². The summed E-state index contributed by atoms with van der Waals surface area (Å²) in [6, 6.07) is 4.64. The van der Waals surface area contributed by atoms with Crippen LogP contribution in [0.1, 0.15) is 44.1 Å². The molecule has 2 aliphatic rings. The summed E-state index contributed by atoms with van der Waals surface area (Å²) >= 11 is 0. The number of rotatable bonds is 5. The predicted octanol–water partition coefficient (Wildman–Crippen LogP) is 3.20. The Hall–Kier alpha value is -1.13. The molecular weight excluding hydrogens is 269 g/mol. The summed E-state index contributed by atoms with van der Waals surface area (Å²) in [5.41, 5.74) is 6.55. The second-order valence-electron chi connectivity index (χ2n) is 6.27. The van der Waals surface area contributed by atoms with Crippen LogP contribution >= 0.6 is 0 Å². The summed E-state index contributed by atoms with van der Waals surface area (Å²) in [5.74, 6) is 0.491. The van der Waals surface area contributed by atoms with Gasteiger partial charge >= 0.3 is 0 Å². The van der Waals surface area contributed by atoms with Crippen molar-refractivity contribution in [2.24, 2.45) is 5.73 Å². The Morgan fingerprint density at radius 1 is 1.29 bits per heavy atom. The number of hydrogen-bond acceptors (Lipinski definition) is 3. The smallest absolute Gasteiger partial charge is 0.123 e. The van der Waals surface area contributed by atoms with Gasteiger partial charge in [0.15, 0.2) is 0 Å². The van der Waals surface area contributed by atoms with Crippen LogP contribution in [0.2, 0.25) is 0 Å². The molecule has 1 spiro atoms. The van der Waals surface area contributed by atoms with Gasteiger partial charge in [0.1, 0.15) is 18.2 Å². The van der Waals surface area contributed by atoms with Crippen molar-refractivity contribution in [3.63, 3.8) is 0 Å². The van der Waals surface area contributed by atoms with Gasteiger partial charge in [-0.05, 0) is 62.4 Å². The molecule has 1 saturated heterocycles. The number of benzene rings is 1. The van der Waals surface area contributed by atoms with Crippen molar-refractivity contribution in [3.05, 3.63) is 29.6 Å². The van der Waals surface area contributed by atoms with E-state index < -0.39 is 0 Å². The fourth-order valence-electron chi connectivity index (χ4n) is 3.62. The van der Waals surface area contributed by atoms with Crippen LogP contribution in [0.3, 0.4) is 0 Å². The van der Waals surface area contributed by atoms with Crippen LogP contribution < -0.4 is 10.5 Å². The Balaban J connectivity index is 1.58. The predicted molar refractivity (Wildman–Crippen MR) is 80.0 cm³/mol. The second kappa shape index (κ2) is 6.32.